The number of fused-ring (bicyclic) bond motifs is 1. The van der Waals surface area contributed by atoms with Crippen LogP contribution in [0.2, 0.25) is 0 Å². The van der Waals surface area contributed by atoms with E-state index in [-0.39, 0.29) is 30.8 Å². The van der Waals surface area contributed by atoms with Gasteiger partial charge < -0.3 is 19.9 Å². The zero-order valence-electron chi connectivity index (χ0n) is 15.3. The van der Waals surface area contributed by atoms with Gasteiger partial charge in [0, 0.05) is 19.5 Å². The molecule has 0 saturated heterocycles. The minimum absolute atomic E-state index is 0.137. The highest BCUT2D eigenvalue weighted by Gasteiger charge is 2.31. The molecule has 1 heterocycles. The summed E-state index contributed by atoms with van der Waals surface area (Å²) in [6, 6.07) is 6.82. The van der Waals surface area contributed by atoms with Crippen LogP contribution in [0.4, 0.5) is 16.2 Å². The number of anilines is 2. The van der Waals surface area contributed by atoms with E-state index in [0.29, 0.717) is 11.4 Å². The number of likely N-dealkylation sites (N-methyl/N-ethyl adjacent to an activating group) is 1. The summed E-state index contributed by atoms with van der Waals surface area (Å²) in [5.74, 6) is -0.416. The quantitative estimate of drug-likeness (QED) is 0.892. The lowest BCUT2D eigenvalue weighted by Crippen LogP contribution is -2.46. The van der Waals surface area contributed by atoms with Crippen molar-refractivity contribution in [3.8, 4) is 0 Å². The van der Waals surface area contributed by atoms with E-state index in [4.69, 9.17) is 4.74 Å². The molecule has 0 fully saturated rings. The van der Waals surface area contributed by atoms with E-state index in [1.165, 1.54) is 11.9 Å². The lowest BCUT2D eigenvalue weighted by Gasteiger charge is -2.30. The molecule has 1 aliphatic heterocycles. The van der Waals surface area contributed by atoms with E-state index in [2.05, 4.69) is 5.32 Å². The lowest BCUT2D eigenvalue weighted by atomic mass is 10.1. The normalized spacial score (nSPS) is 17.2. The van der Waals surface area contributed by atoms with Gasteiger partial charge in [-0.1, -0.05) is 12.1 Å². The van der Waals surface area contributed by atoms with Crippen LogP contribution in [0.25, 0.3) is 0 Å². The number of amides is 3. The topological polar surface area (TPSA) is 79.0 Å². The van der Waals surface area contributed by atoms with Crippen molar-refractivity contribution in [2.45, 2.75) is 45.8 Å². The first-order chi connectivity index (χ1) is 11.6. The van der Waals surface area contributed by atoms with Crippen LogP contribution in [0, 0.1) is 0 Å². The molecule has 1 aliphatic rings. The van der Waals surface area contributed by atoms with E-state index in [9.17, 15) is 14.4 Å². The standard InChI is InChI=1S/C18H25N3O4/c1-12-10-15(22)19-13-8-6-7-9-14(13)21(12)16(23)11-20(5)17(24)25-18(2,3)4/h6-9,12H,10-11H2,1-5H3,(H,19,22)/t12-/m1/s1. The number of hydrogen-bond acceptors (Lipinski definition) is 4. The molecule has 2 rings (SSSR count). The predicted octanol–water partition coefficient (Wildman–Crippen LogP) is 2.62. The zero-order valence-corrected chi connectivity index (χ0v) is 15.3. The molecule has 0 bridgehead atoms. The zero-order chi connectivity index (χ0) is 18.8. The Morgan fingerprint density at radius 3 is 2.60 bits per heavy atom. The van der Waals surface area contributed by atoms with Crippen LogP contribution in [-0.4, -0.2) is 48.0 Å². The van der Waals surface area contributed by atoms with Gasteiger partial charge in [-0.3, -0.25) is 9.59 Å². The molecule has 1 N–H and O–H groups in total. The molecule has 0 spiro atoms. The van der Waals surface area contributed by atoms with E-state index >= 15 is 0 Å². The van der Waals surface area contributed by atoms with Crippen LogP contribution in [0.1, 0.15) is 34.1 Å². The Balaban J connectivity index is 2.20. The Kier molecular flexibility index (Phi) is 5.35. The van der Waals surface area contributed by atoms with Crippen LogP contribution >= 0.6 is 0 Å². The fourth-order valence-electron chi connectivity index (χ4n) is 2.65. The van der Waals surface area contributed by atoms with Gasteiger partial charge in [-0.25, -0.2) is 4.79 Å². The Hall–Kier alpha value is -2.57. The van der Waals surface area contributed by atoms with Crippen molar-refractivity contribution >= 4 is 29.3 Å². The highest BCUT2D eigenvalue weighted by Crippen LogP contribution is 2.31. The average Bonchev–Trinajstić information content (AvgIpc) is 2.59. The van der Waals surface area contributed by atoms with Crippen molar-refractivity contribution in [1.82, 2.24) is 4.90 Å². The monoisotopic (exact) mass is 347 g/mol. The molecule has 0 unspecified atom stereocenters. The summed E-state index contributed by atoms with van der Waals surface area (Å²) < 4.78 is 5.28. The highest BCUT2D eigenvalue weighted by molar-refractivity contribution is 6.05. The molecular formula is C18H25N3O4. The Morgan fingerprint density at radius 2 is 1.96 bits per heavy atom. The van der Waals surface area contributed by atoms with E-state index in [1.54, 1.807) is 49.9 Å². The van der Waals surface area contributed by atoms with E-state index in [1.807, 2.05) is 6.92 Å². The van der Waals surface area contributed by atoms with Crippen molar-refractivity contribution in [3.05, 3.63) is 24.3 Å². The van der Waals surface area contributed by atoms with Gasteiger partial charge in [-0.15, -0.1) is 0 Å². The molecule has 1 aromatic carbocycles. The summed E-state index contributed by atoms with van der Waals surface area (Å²) >= 11 is 0. The molecule has 0 aromatic heterocycles. The number of hydrogen-bond donors (Lipinski definition) is 1. The first-order valence-corrected chi connectivity index (χ1v) is 8.23. The molecule has 136 valence electrons. The summed E-state index contributed by atoms with van der Waals surface area (Å²) in [6.45, 7) is 6.98. The molecule has 7 nitrogen and oxygen atoms in total. The van der Waals surface area contributed by atoms with Gasteiger partial charge in [-0.05, 0) is 39.8 Å². The highest BCUT2D eigenvalue weighted by atomic mass is 16.6. The largest absolute Gasteiger partial charge is 0.444 e. The third kappa shape index (κ3) is 4.71. The van der Waals surface area contributed by atoms with Crippen molar-refractivity contribution in [3.63, 3.8) is 0 Å². The number of benzene rings is 1. The fraction of sp³-hybridized carbons (Fsp3) is 0.500. The summed E-state index contributed by atoms with van der Waals surface area (Å²) in [6.07, 6.45) is -0.373. The molecular weight excluding hydrogens is 322 g/mol. The molecule has 1 aromatic rings. The van der Waals surface area contributed by atoms with Crippen LogP contribution in [0.3, 0.4) is 0 Å². The molecule has 25 heavy (non-hydrogen) atoms. The molecule has 0 aliphatic carbocycles. The second kappa shape index (κ2) is 7.13. The van der Waals surface area contributed by atoms with Gasteiger partial charge in [0.25, 0.3) is 0 Å². The maximum Gasteiger partial charge on any atom is 0.410 e. The number of nitrogens with one attached hydrogen (secondary N) is 1. The molecule has 0 radical (unpaired) electrons. The lowest BCUT2D eigenvalue weighted by molar-refractivity contribution is -0.120. The summed E-state index contributed by atoms with van der Waals surface area (Å²) in [5.41, 5.74) is 0.585. The Labute approximate surface area is 147 Å². The maximum absolute atomic E-state index is 12.8. The van der Waals surface area contributed by atoms with Crippen molar-refractivity contribution in [2.24, 2.45) is 0 Å². The fourth-order valence-corrected chi connectivity index (χ4v) is 2.65. The van der Waals surface area contributed by atoms with Crippen LogP contribution in [0.5, 0.6) is 0 Å². The van der Waals surface area contributed by atoms with Crippen LogP contribution in [0.15, 0.2) is 24.3 Å². The summed E-state index contributed by atoms with van der Waals surface area (Å²) in [7, 11) is 1.52. The Bertz CT molecular complexity index is 681. The number of carbonyl (C=O) groups excluding carboxylic acids is 3. The van der Waals surface area contributed by atoms with Gasteiger partial charge in [0.1, 0.15) is 12.1 Å². The maximum atomic E-state index is 12.8. The third-order valence-corrected chi connectivity index (χ3v) is 3.71. The second-order valence-corrected chi connectivity index (χ2v) is 7.22. The molecule has 7 heteroatoms. The smallest absolute Gasteiger partial charge is 0.410 e. The SMILES string of the molecule is C[C@@H]1CC(=O)Nc2ccccc2N1C(=O)CN(C)C(=O)OC(C)(C)C. The van der Waals surface area contributed by atoms with E-state index in [0.717, 1.165) is 0 Å². The van der Waals surface area contributed by atoms with E-state index < -0.39 is 11.7 Å². The van der Waals surface area contributed by atoms with Gasteiger partial charge in [0.15, 0.2) is 0 Å². The number of carbonyl (C=O) groups is 3. The number of nitrogens with zero attached hydrogens (tertiary/aromatic N) is 2. The van der Waals surface area contributed by atoms with Gasteiger partial charge in [-0.2, -0.15) is 0 Å². The van der Waals surface area contributed by atoms with Gasteiger partial charge >= 0.3 is 6.09 Å². The van der Waals surface area contributed by atoms with Gasteiger partial charge in [0.2, 0.25) is 11.8 Å². The predicted molar refractivity (Wildman–Crippen MR) is 95.5 cm³/mol. The van der Waals surface area contributed by atoms with Crippen molar-refractivity contribution < 1.29 is 19.1 Å². The first kappa shape index (κ1) is 18.8. The minimum Gasteiger partial charge on any atom is -0.444 e. The molecule has 3 amide bonds. The van der Waals surface area contributed by atoms with Gasteiger partial charge in [0.05, 0.1) is 11.4 Å². The number of ether oxygens (including phenoxy) is 1. The second-order valence-electron chi connectivity index (χ2n) is 7.22. The van der Waals surface area contributed by atoms with Crippen LogP contribution in [-0.2, 0) is 14.3 Å². The van der Waals surface area contributed by atoms with Crippen molar-refractivity contribution in [1.29, 1.82) is 0 Å². The third-order valence-electron chi connectivity index (χ3n) is 3.71. The number of rotatable bonds is 2. The first-order valence-electron chi connectivity index (χ1n) is 8.23. The number of para-hydroxylation sites is 2. The summed E-state index contributed by atoms with van der Waals surface area (Å²) in [5, 5.41) is 2.81. The van der Waals surface area contributed by atoms with Crippen LogP contribution < -0.4 is 10.2 Å². The summed E-state index contributed by atoms with van der Waals surface area (Å²) in [4.78, 5) is 39.7. The average molecular weight is 347 g/mol. The minimum atomic E-state index is -0.632. The molecule has 0 saturated carbocycles. The Morgan fingerprint density at radius 1 is 1.32 bits per heavy atom. The molecule has 1 atom stereocenters. The van der Waals surface area contributed by atoms with Crippen molar-refractivity contribution in [2.75, 3.05) is 23.8 Å².